The van der Waals surface area contributed by atoms with Gasteiger partial charge in [0.05, 0.1) is 5.60 Å². The molecule has 1 aliphatic carbocycles. The SMILES string of the molecule is CC(C)c1cccc(-c2c(Cl)cccc2C(O)(CCCNC(=O)O)C2CCCN(C(=O)[C@@H]3CC[C@H](N)C3)C2)c1. The zero-order chi connectivity index (χ0) is 28.2. The predicted molar refractivity (Wildman–Crippen MR) is 155 cm³/mol. The average Bonchev–Trinajstić information content (AvgIpc) is 3.36. The molecule has 1 saturated carbocycles. The van der Waals surface area contributed by atoms with Crippen LogP contribution in [0.1, 0.15) is 75.8 Å². The van der Waals surface area contributed by atoms with Crippen LogP contribution in [0.2, 0.25) is 5.02 Å². The first kappa shape index (κ1) is 29.4. The highest BCUT2D eigenvalue weighted by Crippen LogP contribution is 2.46. The molecule has 5 N–H and O–H groups in total. The monoisotopic (exact) mass is 555 g/mol. The number of nitrogens with two attached hydrogens (primary N) is 1. The number of aliphatic hydroxyl groups is 1. The second-order valence-electron chi connectivity index (χ2n) is 11.6. The maximum absolute atomic E-state index is 13.4. The Bertz CT molecular complexity index is 1170. The second-order valence-corrected chi connectivity index (χ2v) is 12.0. The van der Waals surface area contributed by atoms with Gasteiger partial charge >= 0.3 is 6.09 Å². The number of carbonyl (C=O) groups excluding carboxylic acids is 1. The van der Waals surface area contributed by atoms with E-state index in [-0.39, 0.29) is 30.3 Å². The van der Waals surface area contributed by atoms with Gasteiger partial charge in [0, 0.05) is 48.1 Å². The van der Waals surface area contributed by atoms with Crippen LogP contribution in [0.5, 0.6) is 0 Å². The van der Waals surface area contributed by atoms with E-state index in [4.69, 9.17) is 22.4 Å². The maximum atomic E-state index is 13.4. The molecular weight excluding hydrogens is 514 g/mol. The zero-order valence-electron chi connectivity index (χ0n) is 23.0. The van der Waals surface area contributed by atoms with Gasteiger partial charge in [-0.05, 0) is 73.6 Å². The number of amides is 2. The molecule has 1 saturated heterocycles. The fraction of sp³-hybridized carbons (Fsp3) is 0.548. The summed E-state index contributed by atoms with van der Waals surface area (Å²) in [4.78, 5) is 26.4. The van der Waals surface area contributed by atoms with Crippen LogP contribution in [-0.2, 0) is 10.4 Å². The van der Waals surface area contributed by atoms with Crippen LogP contribution in [0.4, 0.5) is 4.79 Å². The summed E-state index contributed by atoms with van der Waals surface area (Å²) in [6.45, 7) is 5.64. The van der Waals surface area contributed by atoms with E-state index in [0.717, 1.165) is 48.8 Å². The molecule has 7 nitrogen and oxygen atoms in total. The highest BCUT2D eigenvalue weighted by Gasteiger charge is 2.44. The molecule has 0 spiro atoms. The van der Waals surface area contributed by atoms with Crippen molar-refractivity contribution in [2.45, 2.75) is 76.4 Å². The van der Waals surface area contributed by atoms with Gasteiger partial charge in [0.25, 0.3) is 0 Å². The molecule has 0 radical (unpaired) electrons. The number of nitrogens with zero attached hydrogens (tertiary/aromatic N) is 1. The number of hydrogen-bond acceptors (Lipinski definition) is 4. The van der Waals surface area contributed by atoms with Gasteiger partial charge in [0.15, 0.2) is 0 Å². The van der Waals surface area contributed by atoms with E-state index in [2.05, 4.69) is 31.3 Å². The van der Waals surface area contributed by atoms with Crippen LogP contribution >= 0.6 is 11.6 Å². The number of rotatable bonds is 9. The van der Waals surface area contributed by atoms with Crippen LogP contribution in [0, 0.1) is 11.8 Å². The molecule has 0 bridgehead atoms. The molecule has 2 fully saturated rings. The van der Waals surface area contributed by atoms with Crippen LogP contribution in [0.15, 0.2) is 42.5 Å². The summed E-state index contributed by atoms with van der Waals surface area (Å²) < 4.78 is 0. The molecule has 0 aromatic heterocycles. The Balaban J connectivity index is 1.71. The number of hydrogen-bond donors (Lipinski definition) is 4. The molecule has 1 heterocycles. The Labute approximate surface area is 236 Å². The minimum absolute atomic E-state index is 0.0490. The summed E-state index contributed by atoms with van der Waals surface area (Å²) >= 11 is 6.85. The van der Waals surface area contributed by atoms with Gasteiger partial charge in [-0.15, -0.1) is 0 Å². The van der Waals surface area contributed by atoms with Gasteiger partial charge in [-0.1, -0.05) is 61.8 Å². The number of carboxylic acid groups (broad SMARTS) is 1. The summed E-state index contributed by atoms with van der Waals surface area (Å²) in [5.74, 6) is 0.199. The lowest BCUT2D eigenvalue weighted by molar-refractivity contribution is -0.140. The Hall–Kier alpha value is -2.61. The standard InChI is InChI=1S/C31H42ClN3O4/c1-20(2)21-7-3-8-22(17-21)28-26(10-4-11-27(28)32)31(39,14-6-15-34-30(37)38)24-9-5-16-35(19-24)29(36)23-12-13-25(33)18-23/h3-4,7-8,10-11,17,20,23-25,34,39H,5-6,9,12-16,18-19,33H2,1-2H3,(H,37,38)/t23-,24?,25+,31?/m1/s1. The third kappa shape index (κ3) is 6.76. The van der Waals surface area contributed by atoms with Crippen molar-refractivity contribution in [3.8, 4) is 11.1 Å². The minimum atomic E-state index is -1.31. The van der Waals surface area contributed by atoms with E-state index in [0.29, 0.717) is 36.9 Å². The molecule has 8 heteroatoms. The Kier molecular flexibility index (Phi) is 9.57. The molecule has 2 aromatic carbocycles. The van der Waals surface area contributed by atoms with Gasteiger partial charge < -0.3 is 26.2 Å². The van der Waals surface area contributed by atoms with Gasteiger partial charge in [-0.2, -0.15) is 0 Å². The number of benzene rings is 2. The highest BCUT2D eigenvalue weighted by atomic mass is 35.5. The molecular formula is C31H42ClN3O4. The molecule has 2 aromatic rings. The van der Waals surface area contributed by atoms with Gasteiger partial charge in [0.1, 0.15) is 0 Å². The lowest BCUT2D eigenvalue weighted by atomic mass is 9.72. The van der Waals surface area contributed by atoms with E-state index >= 15 is 0 Å². The largest absolute Gasteiger partial charge is 0.465 e. The molecule has 1 aliphatic heterocycles. The molecule has 4 atom stereocenters. The predicted octanol–water partition coefficient (Wildman–Crippen LogP) is 5.73. The van der Waals surface area contributed by atoms with Gasteiger partial charge in [-0.3, -0.25) is 4.79 Å². The van der Waals surface area contributed by atoms with Crippen molar-refractivity contribution < 1.29 is 19.8 Å². The lowest BCUT2D eigenvalue weighted by Crippen LogP contribution is -2.49. The normalized spacial score (nSPS) is 23.0. The van der Waals surface area contributed by atoms with Crippen LogP contribution < -0.4 is 11.1 Å². The van der Waals surface area contributed by atoms with Crippen molar-refractivity contribution in [1.82, 2.24) is 10.2 Å². The topological polar surface area (TPSA) is 116 Å². The lowest BCUT2D eigenvalue weighted by Gasteiger charge is -2.44. The van der Waals surface area contributed by atoms with Crippen molar-refractivity contribution >= 4 is 23.6 Å². The molecule has 4 rings (SSSR count). The Morgan fingerprint density at radius 2 is 1.95 bits per heavy atom. The minimum Gasteiger partial charge on any atom is -0.465 e. The van der Waals surface area contributed by atoms with E-state index in [1.807, 2.05) is 35.2 Å². The average molecular weight is 556 g/mol. The second kappa shape index (κ2) is 12.7. The molecule has 39 heavy (non-hydrogen) atoms. The van der Waals surface area contributed by atoms with E-state index < -0.39 is 11.7 Å². The summed E-state index contributed by atoms with van der Waals surface area (Å²) in [5.41, 5.74) is 8.43. The number of likely N-dealkylation sites (tertiary alicyclic amines) is 1. The van der Waals surface area contributed by atoms with Crippen molar-refractivity contribution in [3.63, 3.8) is 0 Å². The molecule has 2 unspecified atom stereocenters. The third-order valence-electron chi connectivity index (χ3n) is 8.56. The fourth-order valence-corrected chi connectivity index (χ4v) is 6.69. The highest BCUT2D eigenvalue weighted by molar-refractivity contribution is 6.33. The van der Waals surface area contributed by atoms with Gasteiger partial charge in [0.2, 0.25) is 5.91 Å². The molecule has 2 amide bonds. The van der Waals surface area contributed by atoms with E-state index in [9.17, 15) is 14.7 Å². The van der Waals surface area contributed by atoms with Crippen molar-refractivity contribution in [2.75, 3.05) is 19.6 Å². The summed E-state index contributed by atoms with van der Waals surface area (Å²) in [6, 6.07) is 14.0. The summed E-state index contributed by atoms with van der Waals surface area (Å²) in [7, 11) is 0. The van der Waals surface area contributed by atoms with Crippen LogP contribution in [-0.4, -0.2) is 52.8 Å². The van der Waals surface area contributed by atoms with E-state index in [1.54, 1.807) is 0 Å². The first-order valence-electron chi connectivity index (χ1n) is 14.2. The first-order valence-corrected chi connectivity index (χ1v) is 14.6. The van der Waals surface area contributed by atoms with Crippen molar-refractivity contribution in [2.24, 2.45) is 17.6 Å². The molecule has 2 aliphatic rings. The summed E-state index contributed by atoms with van der Waals surface area (Å²) in [5, 5.41) is 24.7. The van der Waals surface area contributed by atoms with Gasteiger partial charge in [-0.25, -0.2) is 4.79 Å². The van der Waals surface area contributed by atoms with Crippen LogP contribution in [0.25, 0.3) is 11.1 Å². The fourth-order valence-electron chi connectivity index (χ4n) is 6.41. The number of halogens is 1. The molecule has 212 valence electrons. The van der Waals surface area contributed by atoms with E-state index in [1.165, 1.54) is 5.56 Å². The quantitative estimate of drug-likeness (QED) is 0.295. The number of nitrogens with one attached hydrogen (secondary N) is 1. The van der Waals surface area contributed by atoms with Crippen LogP contribution in [0.3, 0.4) is 0 Å². The third-order valence-corrected chi connectivity index (χ3v) is 8.88. The van der Waals surface area contributed by atoms with Crippen molar-refractivity contribution in [3.05, 3.63) is 58.6 Å². The first-order chi connectivity index (χ1) is 18.6. The maximum Gasteiger partial charge on any atom is 0.404 e. The summed E-state index contributed by atoms with van der Waals surface area (Å²) in [6.07, 6.45) is 3.66. The van der Waals surface area contributed by atoms with Crippen molar-refractivity contribution in [1.29, 1.82) is 0 Å². The number of piperidine rings is 1. The number of carbonyl (C=O) groups is 2. The Morgan fingerprint density at radius 1 is 1.18 bits per heavy atom. The zero-order valence-corrected chi connectivity index (χ0v) is 23.8. The Morgan fingerprint density at radius 3 is 2.64 bits per heavy atom. The smallest absolute Gasteiger partial charge is 0.404 e.